The first-order chi connectivity index (χ1) is 19.3. The van der Waals surface area contributed by atoms with Crippen molar-refractivity contribution in [2.75, 3.05) is 0 Å². The molecule has 0 fully saturated rings. The molecule has 4 nitrogen and oxygen atoms in total. The zero-order valence-electron chi connectivity index (χ0n) is 20.9. The highest BCUT2D eigenvalue weighted by atomic mass is 16.3. The van der Waals surface area contributed by atoms with E-state index in [1.165, 1.54) is 16.2 Å². The Morgan fingerprint density at radius 3 is 1.74 bits per heavy atom. The Balaban J connectivity index is 1.32. The highest BCUT2D eigenvalue weighted by Gasteiger charge is 2.15. The molecule has 0 spiro atoms. The number of nitrogens with zero attached hydrogens (tertiary/aromatic N) is 3. The van der Waals surface area contributed by atoms with Gasteiger partial charge < -0.3 is 4.42 Å². The van der Waals surface area contributed by atoms with Gasteiger partial charge in [-0.1, -0.05) is 103 Å². The van der Waals surface area contributed by atoms with E-state index in [2.05, 4.69) is 72.8 Å². The summed E-state index contributed by atoms with van der Waals surface area (Å²) in [5.74, 6) is 1.89. The number of hydrogen-bond acceptors (Lipinski definition) is 4. The van der Waals surface area contributed by atoms with E-state index in [-0.39, 0.29) is 0 Å². The molecule has 4 heteroatoms. The molecule has 0 unspecified atom stereocenters. The summed E-state index contributed by atoms with van der Waals surface area (Å²) in [7, 11) is 0. The maximum Gasteiger partial charge on any atom is 0.164 e. The summed E-state index contributed by atoms with van der Waals surface area (Å²) in [4.78, 5) is 14.8. The zero-order valence-corrected chi connectivity index (χ0v) is 20.9. The zero-order chi connectivity index (χ0) is 25.8. The molecule has 0 bridgehead atoms. The van der Waals surface area contributed by atoms with Gasteiger partial charge in [-0.3, -0.25) is 0 Å². The fourth-order valence-corrected chi connectivity index (χ4v) is 5.37. The second-order valence-electron chi connectivity index (χ2n) is 9.70. The van der Waals surface area contributed by atoms with Crippen LogP contribution < -0.4 is 0 Å². The second-order valence-corrected chi connectivity index (χ2v) is 9.70. The Kier molecular flexibility index (Phi) is 4.79. The Labute approximate surface area is 224 Å². The van der Waals surface area contributed by atoms with E-state index in [0.29, 0.717) is 17.5 Å². The quantitative estimate of drug-likeness (QED) is 0.228. The van der Waals surface area contributed by atoms with Gasteiger partial charge in [0.1, 0.15) is 11.2 Å². The minimum absolute atomic E-state index is 0.611. The van der Waals surface area contributed by atoms with Crippen LogP contribution in [0.25, 0.3) is 77.6 Å². The van der Waals surface area contributed by atoms with Crippen molar-refractivity contribution in [1.82, 2.24) is 15.0 Å². The summed E-state index contributed by atoms with van der Waals surface area (Å²) in [6.45, 7) is 0. The maximum atomic E-state index is 6.16. The summed E-state index contributed by atoms with van der Waals surface area (Å²) in [5.41, 5.74) is 4.46. The number of fused-ring (bicyclic) bond motifs is 6. The average molecular weight is 500 g/mol. The number of aromatic nitrogens is 3. The number of hydrogen-bond donors (Lipinski definition) is 0. The van der Waals surface area contributed by atoms with Gasteiger partial charge in [-0.25, -0.2) is 15.0 Å². The molecule has 39 heavy (non-hydrogen) atoms. The molecule has 0 saturated carbocycles. The maximum absolute atomic E-state index is 6.16. The third kappa shape index (κ3) is 3.65. The number of rotatable bonds is 3. The van der Waals surface area contributed by atoms with Crippen LogP contribution >= 0.6 is 0 Å². The summed E-state index contributed by atoms with van der Waals surface area (Å²) >= 11 is 0. The lowest BCUT2D eigenvalue weighted by Crippen LogP contribution is -2.00. The standard InChI is InChI=1S/C35H21N3O/c1-2-9-23(10-3-1)33-36-34(25-16-18-28-24(20-25)15-14-22-8-4-5-11-27(22)28)38-35(37-33)26-17-19-30-29-12-6-7-13-31(29)39-32(30)21-26/h1-21H. The van der Waals surface area contributed by atoms with Gasteiger partial charge >= 0.3 is 0 Å². The second kappa shape index (κ2) is 8.61. The molecular weight excluding hydrogens is 478 g/mol. The molecule has 0 aliphatic heterocycles. The molecule has 0 aliphatic rings. The Bertz CT molecular complexity index is 2180. The van der Waals surface area contributed by atoms with Crippen molar-refractivity contribution in [3.63, 3.8) is 0 Å². The molecule has 0 N–H and O–H groups in total. The highest BCUT2D eigenvalue weighted by Crippen LogP contribution is 2.33. The van der Waals surface area contributed by atoms with Crippen molar-refractivity contribution in [3.05, 3.63) is 127 Å². The van der Waals surface area contributed by atoms with Gasteiger partial charge in [0.15, 0.2) is 17.5 Å². The molecule has 8 rings (SSSR count). The van der Waals surface area contributed by atoms with Gasteiger partial charge in [0, 0.05) is 27.5 Å². The topological polar surface area (TPSA) is 51.8 Å². The van der Waals surface area contributed by atoms with E-state index in [9.17, 15) is 0 Å². The van der Waals surface area contributed by atoms with Gasteiger partial charge in [0.05, 0.1) is 0 Å². The van der Waals surface area contributed by atoms with Crippen molar-refractivity contribution in [1.29, 1.82) is 0 Å². The van der Waals surface area contributed by atoms with Crippen molar-refractivity contribution in [2.24, 2.45) is 0 Å². The van der Waals surface area contributed by atoms with Crippen molar-refractivity contribution in [2.45, 2.75) is 0 Å². The van der Waals surface area contributed by atoms with E-state index in [0.717, 1.165) is 44.0 Å². The summed E-state index contributed by atoms with van der Waals surface area (Å²) in [6.07, 6.45) is 0. The third-order valence-electron chi connectivity index (χ3n) is 7.31. The predicted octanol–water partition coefficient (Wildman–Crippen LogP) is 9.08. The first kappa shape index (κ1) is 21.7. The smallest absolute Gasteiger partial charge is 0.164 e. The SMILES string of the molecule is c1ccc(-c2nc(-c3ccc4c(ccc5ccccc54)c3)nc(-c3ccc4c(c3)oc3ccccc34)n2)cc1. The molecule has 0 aliphatic carbocycles. The van der Waals surface area contributed by atoms with Crippen LogP contribution in [0.1, 0.15) is 0 Å². The van der Waals surface area contributed by atoms with Crippen LogP contribution in [-0.4, -0.2) is 15.0 Å². The molecule has 0 atom stereocenters. The predicted molar refractivity (Wildman–Crippen MR) is 158 cm³/mol. The van der Waals surface area contributed by atoms with Crippen LogP contribution in [0.3, 0.4) is 0 Å². The number of furan rings is 1. The van der Waals surface area contributed by atoms with Crippen molar-refractivity contribution < 1.29 is 4.42 Å². The Morgan fingerprint density at radius 2 is 0.923 bits per heavy atom. The van der Waals surface area contributed by atoms with Crippen molar-refractivity contribution in [3.8, 4) is 34.2 Å². The molecule has 6 aromatic carbocycles. The summed E-state index contributed by atoms with van der Waals surface area (Å²) in [5, 5.41) is 7.01. The molecule has 2 heterocycles. The highest BCUT2D eigenvalue weighted by molar-refractivity contribution is 6.08. The molecule has 0 radical (unpaired) electrons. The minimum atomic E-state index is 0.611. The van der Waals surface area contributed by atoms with E-state index in [1.54, 1.807) is 0 Å². The molecular formula is C35H21N3O. The lowest BCUT2D eigenvalue weighted by Gasteiger charge is -2.10. The van der Waals surface area contributed by atoms with Gasteiger partial charge in [-0.15, -0.1) is 0 Å². The molecule has 8 aromatic rings. The lowest BCUT2D eigenvalue weighted by atomic mass is 10.00. The number of para-hydroxylation sites is 1. The van der Waals surface area contributed by atoms with Gasteiger partial charge in [0.2, 0.25) is 0 Å². The van der Waals surface area contributed by atoms with Gasteiger partial charge in [-0.2, -0.15) is 0 Å². The summed E-state index contributed by atoms with van der Waals surface area (Å²) < 4.78 is 6.16. The van der Waals surface area contributed by atoms with E-state index >= 15 is 0 Å². The third-order valence-corrected chi connectivity index (χ3v) is 7.31. The van der Waals surface area contributed by atoms with Gasteiger partial charge in [-0.05, 0) is 45.8 Å². The fourth-order valence-electron chi connectivity index (χ4n) is 5.37. The molecule has 2 aromatic heterocycles. The van der Waals surface area contributed by atoms with Crippen LogP contribution in [-0.2, 0) is 0 Å². The average Bonchev–Trinajstić information content (AvgIpc) is 3.39. The monoisotopic (exact) mass is 499 g/mol. The minimum Gasteiger partial charge on any atom is -0.456 e. The van der Waals surface area contributed by atoms with Crippen LogP contribution in [0.4, 0.5) is 0 Å². The Morgan fingerprint density at radius 1 is 0.359 bits per heavy atom. The van der Waals surface area contributed by atoms with Crippen LogP contribution in [0.15, 0.2) is 132 Å². The van der Waals surface area contributed by atoms with Crippen LogP contribution in [0.2, 0.25) is 0 Å². The molecule has 0 amide bonds. The van der Waals surface area contributed by atoms with E-state index in [4.69, 9.17) is 19.4 Å². The summed E-state index contributed by atoms with van der Waals surface area (Å²) in [6, 6.07) is 43.5. The largest absolute Gasteiger partial charge is 0.456 e. The molecule has 182 valence electrons. The molecule has 0 saturated heterocycles. The van der Waals surface area contributed by atoms with E-state index < -0.39 is 0 Å². The first-order valence-electron chi connectivity index (χ1n) is 13.0. The fraction of sp³-hybridized carbons (Fsp3) is 0. The number of benzene rings is 6. The Hall–Kier alpha value is -5.35. The van der Waals surface area contributed by atoms with Crippen LogP contribution in [0, 0.1) is 0 Å². The van der Waals surface area contributed by atoms with Gasteiger partial charge in [0.25, 0.3) is 0 Å². The van der Waals surface area contributed by atoms with Crippen molar-refractivity contribution >= 4 is 43.5 Å². The van der Waals surface area contributed by atoms with E-state index in [1.807, 2.05) is 54.6 Å². The van der Waals surface area contributed by atoms with Crippen LogP contribution in [0.5, 0.6) is 0 Å². The first-order valence-corrected chi connectivity index (χ1v) is 13.0. The lowest BCUT2D eigenvalue weighted by molar-refractivity contribution is 0.669. The normalized spacial score (nSPS) is 11.6.